The van der Waals surface area contributed by atoms with E-state index in [-0.39, 0.29) is 33.2 Å². The van der Waals surface area contributed by atoms with E-state index in [1.807, 2.05) is 6.07 Å². The molecule has 0 atom stereocenters. The van der Waals surface area contributed by atoms with E-state index in [1.54, 1.807) is 50.8 Å². The number of rotatable bonds is 8. The number of hydrogen-bond donors (Lipinski definition) is 2. The van der Waals surface area contributed by atoms with Crippen molar-refractivity contribution in [2.45, 2.75) is 32.0 Å². The predicted molar refractivity (Wildman–Crippen MR) is 122 cm³/mol. The van der Waals surface area contributed by atoms with Crippen LogP contribution in [0.25, 0.3) is 11.4 Å². The van der Waals surface area contributed by atoms with E-state index in [1.165, 1.54) is 11.8 Å². The minimum atomic E-state index is -0.678. The van der Waals surface area contributed by atoms with Crippen molar-refractivity contribution in [1.82, 2.24) is 19.7 Å². The number of nitrogens with one attached hydrogen (secondary N) is 1. The topological polar surface area (TPSA) is 142 Å². The van der Waals surface area contributed by atoms with Gasteiger partial charge in [0.2, 0.25) is 5.91 Å². The second kappa shape index (κ2) is 9.92. The van der Waals surface area contributed by atoms with Gasteiger partial charge in [0.15, 0.2) is 11.0 Å². The number of nitrogens with zero attached hydrogens (tertiary/aromatic N) is 4. The Balaban J connectivity index is 1.74. The molecule has 32 heavy (non-hydrogen) atoms. The molecule has 0 aromatic carbocycles. The first kappa shape index (κ1) is 23.4. The molecule has 12 heteroatoms. The van der Waals surface area contributed by atoms with E-state index in [0.29, 0.717) is 16.5 Å². The lowest BCUT2D eigenvalue weighted by Crippen LogP contribution is -2.18. The molecule has 2 amide bonds. The molecule has 0 radical (unpaired) electrons. The Kier molecular flexibility index (Phi) is 7.26. The molecule has 0 aliphatic heterocycles. The van der Waals surface area contributed by atoms with Gasteiger partial charge in [-0.2, -0.15) is 0 Å². The Hall–Kier alpha value is -3.25. The van der Waals surface area contributed by atoms with Crippen molar-refractivity contribution in [3.8, 4) is 11.4 Å². The first-order valence-corrected chi connectivity index (χ1v) is 11.4. The Morgan fingerprint density at radius 1 is 1.31 bits per heavy atom. The number of anilines is 1. The van der Waals surface area contributed by atoms with E-state index in [4.69, 9.17) is 10.5 Å². The molecular formula is C20H22N6O4S2. The molecule has 0 unspecified atom stereocenters. The number of thioether (sulfide) groups is 1. The average molecular weight is 475 g/mol. The summed E-state index contributed by atoms with van der Waals surface area (Å²) in [6.07, 6.45) is 2.99. The average Bonchev–Trinajstić information content (AvgIpc) is 3.26. The van der Waals surface area contributed by atoms with E-state index in [9.17, 15) is 14.4 Å². The Morgan fingerprint density at radius 2 is 2.06 bits per heavy atom. The van der Waals surface area contributed by atoms with Crippen LogP contribution >= 0.6 is 23.1 Å². The molecule has 0 aliphatic carbocycles. The third kappa shape index (κ3) is 5.14. The van der Waals surface area contributed by atoms with Crippen molar-refractivity contribution in [2.75, 3.05) is 11.1 Å². The van der Waals surface area contributed by atoms with Gasteiger partial charge in [-0.25, -0.2) is 4.79 Å². The number of carbonyl (C=O) groups excluding carboxylic acids is 3. The van der Waals surface area contributed by atoms with Gasteiger partial charge in [0.25, 0.3) is 5.91 Å². The SMILES string of the molecule is Cc1c(C(N)=O)sc(NC(=O)CSc2nnc(-c3cccnc3)n2C)c1C(=O)OC(C)C. The Morgan fingerprint density at radius 3 is 2.69 bits per heavy atom. The quantitative estimate of drug-likeness (QED) is 0.375. The summed E-state index contributed by atoms with van der Waals surface area (Å²) in [4.78, 5) is 41.1. The minimum absolute atomic E-state index is 0.0144. The number of primary amides is 1. The maximum atomic E-state index is 12.6. The monoisotopic (exact) mass is 474 g/mol. The molecule has 0 saturated heterocycles. The fourth-order valence-electron chi connectivity index (χ4n) is 2.84. The lowest BCUT2D eigenvalue weighted by Gasteiger charge is -2.10. The minimum Gasteiger partial charge on any atom is -0.459 e. The van der Waals surface area contributed by atoms with Gasteiger partial charge in [-0.15, -0.1) is 21.5 Å². The standard InChI is InChI=1S/C20H22N6O4S2/c1-10(2)30-19(29)14-11(3)15(16(21)28)32-18(14)23-13(27)9-31-20-25-24-17(26(20)4)12-6-5-7-22-8-12/h5-8,10H,9H2,1-4H3,(H2,21,28)(H,23,27). The highest BCUT2D eigenvalue weighted by molar-refractivity contribution is 7.99. The fraction of sp³-hybridized carbons (Fsp3) is 0.300. The summed E-state index contributed by atoms with van der Waals surface area (Å²) in [6.45, 7) is 5.02. The first-order valence-electron chi connectivity index (χ1n) is 9.55. The van der Waals surface area contributed by atoms with Gasteiger partial charge in [-0.3, -0.25) is 14.6 Å². The van der Waals surface area contributed by atoms with Crippen LogP contribution in [0.15, 0.2) is 29.7 Å². The summed E-state index contributed by atoms with van der Waals surface area (Å²) in [5.74, 6) is -1.04. The molecule has 0 fully saturated rings. The molecule has 3 rings (SSSR count). The van der Waals surface area contributed by atoms with Gasteiger partial charge in [0.1, 0.15) is 5.00 Å². The smallest absolute Gasteiger partial charge is 0.341 e. The van der Waals surface area contributed by atoms with Crippen molar-refractivity contribution in [1.29, 1.82) is 0 Å². The van der Waals surface area contributed by atoms with E-state index in [2.05, 4.69) is 20.5 Å². The van der Waals surface area contributed by atoms with Crippen molar-refractivity contribution >= 4 is 45.9 Å². The third-order valence-electron chi connectivity index (χ3n) is 4.26. The number of aromatic nitrogens is 4. The maximum Gasteiger partial charge on any atom is 0.341 e. The van der Waals surface area contributed by atoms with Gasteiger partial charge in [0.05, 0.1) is 22.3 Å². The number of carbonyl (C=O) groups is 3. The number of pyridine rings is 1. The highest BCUT2D eigenvalue weighted by Crippen LogP contribution is 2.34. The third-order valence-corrected chi connectivity index (χ3v) is 6.50. The lowest BCUT2D eigenvalue weighted by molar-refractivity contribution is -0.113. The second-order valence-corrected chi connectivity index (χ2v) is 8.99. The summed E-state index contributed by atoms with van der Waals surface area (Å²) in [7, 11) is 1.80. The molecule has 3 N–H and O–H groups in total. The molecule has 0 bridgehead atoms. The van der Waals surface area contributed by atoms with E-state index in [0.717, 1.165) is 16.9 Å². The molecule has 168 valence electrons. The summed E-state index contributed by atoms with van der Waals surface area (Å²) >= 11 is 2.13. The molecule has 0 aliphatic rings. The summed E-state index contributed by atoms with van der Waals surface area (Å²) in [5, 5.41) is 11.7. The number of nitrogens with two attached hydrogens (primary N) is 1. The fourth-order valence-corrected chi connectivity index (χ4v) is 4.61. The molecule has 3 aromatic rings. The Bertz CT molecular complexity index is 1160. The van der Waals surface area contributed by atoms with E-state index < -0.39 is 11.9 Å². The largest absolute Gasteiger partial charge is 0.459 e. The van der Waals surface area contributed by atoms with Gasteiger partial charge in [0, 0.05) is 25.0 Å². The van der Waals surface area contributed by atoms with Gasteiger partial charge in [-0.05, 0) is 38.5 Å². The first-order chi connectivity index (χ1) is 15.2. The summed E-state index contributed by atoms with van der Waals surface area (Å²) in [5.41, 5.74) is 6.73. The molecule has 0 spiro atoms. The van der Waals surface area contributed by atoms with Gasteiger partial charge < -0.3 is 20.4 Å². The van der Waals surface area contributed by atoms with Gasteiger partial charge >= 0.3 is 5.97 Å². The van der Waals surface area contributed by atoms with Crippen LogP contribution in [0.3, 0.4) is 0 Å². The second-order valence-electron chi connectivity index (χ2n) is 7.02. The van der Waals surface area contributed by atoms with Crippen LogP contribution in [-0.4, -0.2) is 49.4 Å². The van der Waals surface area contributed by atoms with Crippen LogP contribution in [0.2, 0.25) is 0 Å². The molecule has 0 saturated carbocycles. The normalized spacial score (nSPS) is 10.9. The summed E-state index contributed by atoms with van der Waals surface area (Å²) < 4.78 is 7.02. The number of ether oxygens (including phenoxy) is 1. The maximum absolute atomic E-state index is 12.6. The van der Waals surface area contributed by atoms with Crippen molar-refractivity contribution in [2.24, 2.45) is 12.8 Å². The Labute approximate surface area is 192 Å². The number of esters is 1. The van der Waals surface area contributed by atoms with Crippen LogP contribution in [0.5, 0.6) is 0 Å². The van der Waals surface area contributed by atoms with Crippen LogP contribution in [-0.2, 0) is 16.6 Å². The molecular weight excluding hydrogens is 452 g/mol. The van der Waals surface area contributed by atoms with Crippen molar-refractivity contribution < 1.29 is 19.1 Å². The lowest BCUT2D eigenvalue weighted by atomic mass is 10.1. The number of thiophene rings is 1. The number of hydrogen-bond acceptors (Lipinski definition) is 9. The molecule has 3 heterocycles. The zero-order chi connectivity index (χ0) is 23.4. The van der Waals surface area contributed by atoms with Crippen LogP contribution in [0, 0.1) is 6.92 Å². The van der Waals surface area contributed by atoms with Crippen molar-refractivity contribution in [3.63, 3.8) is 0 Å². The zero-order valence-corrected chi connectivity index (χ0v) is 19.5. The van der Waals surface area contributed by atoms with Crippen molar-refractivity contribution in [3.05, 3.63) is 40.5 Å². The highest BCUT2D eigenvalue weighted by Gasteiger charge is 2.26. The van der Waals surface area contributed by atoms with Crippen LogP contribution < -0.4 is 11.1 Å². The van der Waals surface area contributed by atoms with Gasteiger partial charge in [-0.1, -0.05) is 11.8 Å². The predicted octanol–water partition coefficient (Wildman–Crippen LogP) is 2.64. The number of amides is 2. The summed E-state index contributed by atoms with van der Waals surface area (Å²) in [6, 6.07) is 3.67. The molecule has 10 nitrogen and oxygen atoms in total. The van der Waals surface area contributed by atoms with Crippen LogP contribution in [0.1, 0.15) is 39.4 Å². The zero-order valence-electron chi connectivity index (χ0n) is 17.9. The van der Waals surface area contributed by atoms with E-state index >= 15 is 0 Å². The van der Waals surface area contributed by atoms with Crippen LogP contribution in [0.4, 0.5) is 5.00 Å². The molecule has 3 aromatic heterocycles. The highest BCUT2D eigenvalue weighted by atomic mass is 32.2.